The Morgan fingerprint density at radius 1 is 1.33 bits per heavy atom. The molecule has 0 amide bonds. The van der Waals surface area contributed by atoms with Crippen molar-refractivity contribution in [2.45, 2.75) is 12.3 Å². The van der Waals surface area contributed by atoms with E-state index in [-0.39, 0.29) is 5.38 Å². The lowest BCUT2D eigenvalue weighted by molar-refractivity contribution is 1.25. The Kier molecular flexibility index (Phi) is 3.19. The van der Waals surface area contributed by atoms with Gasteiger partial charge in [-0.2, -0.15) is 0 Å². The molecule has 1 rings (SSSR count). The lowest BCUT2D eigenvalue weighted by Gasteiger charge is -2.07. The Morgan fingerprint density at radius 2 is 1.83 bits per heavy atom. The van der Waals surface area contributed by atoms with Gasteiger partial charge in [-0.1, -0.05) is 30.3 Å². The van der Waals surface area contributed by atoms with Crippen molar-refractivity contribution >= 4 is 28.8 Å². The third kappa shape index (κ3) is 2.26. The molecule has 0 aliphatic heterocycles. The van der Waals surface area contributed by atoms with Crippen LogP contribution in [0.25, 0.3) is 5.57 Å². The minimum atomic E-state index is -0.0359. The molecule has 0 radical (unpaired) electrons. The monoisotopic (exact) mass is 200 g/mol. The highest BCUT2D eigenvalue weighted by Gasteiger charge is 2.04. The molecule has 0 aliphatic rings. The van der Waals surface area contributed by atoms with Crippen LogP contribution in [0.3, 0.4) is 0 Å². The van der Waals surface area contributed by atoms with E-state index < -0.39 is 0 Å². The largest absolute Gasteiger partial charge is 0.118 e. The maximum atomic E-state index is 5.87. The fraction of sp³-hybridized carbons (Fsp3) is 0.200. The summed E-state index contributed by atoms with van der Waals surface area (Å²) in [5.41, 5.74) is 1.97. The first kappa shape index (κ1) is 9.63. The van der Waals surface area contributed by atoms with Gasteiger partial charge in [0, 0.05) is 5.02 Å². The van der Waals surface area contributed by atoms with Gasteiger partial charge in [0.25, 0.3) is 0 Å². The fourth-order valence-electron chi connectivity index (χ4n) is 0.894. The zero-order valence-electron chi connectivity index (χ0n) is 6.85. The van der Waals surface area contributed by atoms with Gasteiger partial charge in [0.1, 0.15) is 0 Å². The summed E-state index contributed by atoms with van der Waals surface area (Å²) >= 11 is 11.6. The first-order valence-corrected chi connectivity index (χ1v) is 4.51. The van der Waals surface area contributed by atoms with Gasteiger partial charge in [0.15, 0.2) is 0 Å². The van der Waals surface area contributed by atoms with Gasteiger partial charge in [0.05, 0.1) is 5.38 Å². The number of alkyl halides is 1. The summed E-state index contributed by atoms with van der Waals surface area (Å²) in [6, 6.07) is 7.51. The second-order valence-corrected chi connectivity index (χ2v) is 3.74. The van der Waals surface area contributed by atoms with E-state index in [0.717, 1.165) is 16.2 Å². The predicted octanol–water partition coefficient (Wildman–Crippen LogP) is 3.98. The van der Waals surface area contributed by atoms with E-state index in [1.807, 2.05) is 31.2 Å². The van der Waals surface area contributed by atoms with Crippen LogP contribution in [0.15, 0.2) is 30.8 Å². The van der Waals surface area contributed by atoms with Crippen molar-refractivity contribution in [3.8, 4) is 0 Å². The van der Waals surface area contributed by atoms with Crippen LogP contribution in [-0.2, 0) is 0 Å². The molecule has 0 spiro atoms. The topological polar surface area (TPSA) is 0 Å². The quantitative estimate of drug-likeness (QED) is 0.635. The highest BCUT2D eigenvalue weighted by molar-refractivity contribution is 6.30. The summed E-state index contributed by atoms with van der Waals surface area (Å²) in [4.78, 5) is 0. The minimum absolute atomic E-state index is 0.0359. The van der Waals surface area contributed by atoms with Gasteiger partial charge in [-0.25, -0.2) is 0 Å². The highest BCUT2D eigenvalue weighted by Crippen LogP contribution is 2.21. The molecule has 1 unspecified atom stereocenters. The van der Waals surface area contributed by atoms with Crippen LogP contribution < -0.4 is 0 Å². The van der Waals surface area contributed by atoms with E-state index in [0.29, 0.717) is 0 Å². The Balaban J connectivity index is 2.90. The van der Waals surface area contributed by atoms with Gasteiger partial charge in [-0.05, 0) is 30.2 Å². The zero-order chi connectivity index (χ0) is 9.14. The van der Waals surface area contributed by atoms with E-state index in [2.05, 4.69) is 6.58 Å². The number of hydrogen-bond acceptors (Lipinski definition) is 0. The minimum Gasteiger partial charge on any atom is -0.118 e. The number of hydrogen-bond donors (Lipinski definition) is 0. The maximum absolute atomic E-state index is 5.87. The first-order valence-electron chi connectivity index (χ1n) is 3.70. The molecule has 0 N–H and O–H groups in total. The highest BCUT2D eigenvalue weighted by atomic mass is 35.5. The van der Waals surface area contributed by atoms with Crippen molar-refractivity contribution in [1.82, 2.24) is 0 Å². The van der Waals surface area contributed by atoms with Gasteiger partial charge < -0.3 is 0 Å². The lowest BCUT2D eigenvalue weighted by atomic mass is 10.1. The van der Waals surface area contributed by atoms with Crippen molar-refractivity contribution in [2.24, 2.45) is 0 Å². The zero-order valence-corrected chi connectivity index (χ0v) is 8.36. The molecule has 1 atom stereocenters. The summed E-state index contributed by atoms with van der Waals surface area (Å²) in [6.45, 7) is 5.78. The Labute approximate surface area is 82.8 Å². The second kappa shape index (κ2) is 3.97. The predicted molar refractivity (Wildman–Crippen MR) is 55.8 cm³/mol. The van der Waals surface area contributed by atoms with Crippen LogP contribution in [0.1, 0.15) is 12.5 Å². The van der Waals surface area contributed by atoms with Crippen LogP contribution >= 0.6 is 23.2 Å². The van der Waals surface area contributed by atoms with Gasteiger partial charge in [-0.15, -0.1) is 11.6 Å². The summed E-state index contributed by atoms with van der Waals surface area (Å²) in [5.74, 6) is 0. The van der Waals surface area contributed by atoms with Crippen LogP contribution in [0.5, 0.6) is 0 Å². The standard InChI is InChI=1S/C10H10Cl2/c1-7(8(2)11)9-3-5-10(12)6-4-9/h3-6,8H,1H2,2H3. The van der Waals surface area contributed by atoms with E-state index in [9.17, 15) is 0 Å². The van der Waals surface area contributed by atoms with Crippen molar-refractivity contribution < 1.29 is 0 Å². The third-order valence-electron chi connectivity index (χ3n) is 1.70. The molecule has 1 aromatic carbocycles. The van der Waals surface area contributed by atoms with Crippen LogP contribution in [0.4, 0.5) is 0 Å². The molecular formula is C10H10Cl2. The Bertz CT molecular complexity index is 272. The molecule has 0 saturated heterocycles. The van der Waals surface area contributed by atoms with E-state index in [4.69, 9.17) is 23.2 Å². The van der Waals surface area contributed by atoms with E-state index in [1.54, 1.807) is 0 Å². The molecule has 0 nitrogen and oxygen atoms in total. The normalized spacial score (nSPS) is 12.6. The fourth-order valence-corrected chi connectivity index (χ4v) is 1.15. The van der Waals surface area contributed by atoms with Gasteiger partial charge in [0.2, 0.25) is 0 Å². The Morgan fingerprint density at radius 3 is 2.25 bits per heavy atom. The second-order valence-electron chi connectivity index (χ2n) is 2.65. The van der Waals surface area contributed by atoms with E-state index >= 15 is 0 Å². The molecule has 0 aliphatic carbocycles. The molecule has 0 fully saturated rings. The molecule has 0 bridgehead atoms. The molecule has 1 aromatic rings. The average molecular weight is 201 g/mol. The van der Waals surface area contributed by atoms with E-state index in [1.165, 1.54) is 0 Å². The number of benzene rings is 1. The van der Waals surface area contributed by atoms with Crippen LogP contribution in [0.2, 0.25) is 5.02 Å². The summed E-state index contributed by atoms with van der Waals surface area (Å²) in [5, 5.41) is 0.694. The Hall–Kier alpha value is -0.460. The van der Waals surface area contributed by atoms with Crippen LogP contribution in [-0.4, -0.2) is 5.38 Å². The number of allylic oxidation sites excluding steroid dienone is 1. The summed E-state index contributed by atoms with van der Waals surface area (Å²) in [6.07, 6.45) is 0. The molecule has 64 valence electrons. The van der Waals surface area contributed by atoms with Gasteiger partial charge >= 0.3 is 0 Å². The first-order chi connectivity index (χ1) is 5.61. The van der Waals surface area contributed by atoms with Crippen LogP contribution in [0, 0.1) is 0 Å². The van der Waals surface area contributed by atoms with Crippen molar-refractivity contribution in [3.05, 3.63) is 41.4 Å². The third-order valence-corrected chi connectivity index (χ3v) is 2.21. The lowest BCUT2D eigenvalue weighted by Crippen LogP contribution is -1.93. The van der Waals surface area contributed by atoms with Crippen molar-refractivity contribution in [3.63, 3.8) is 0 Å². The van der Waals surface area contributed by atoms with Crippen molar-refractivity contribution in [2.75, 3.05) is 0 Å². The summed E-state index contributed by atoms with van der Waals surface area (Å²) in [7, 11) is 0. The average Bonchev–Trinajstić information content (AvgIpc) is 2.04. The van der Waals surface area contributed by atoms with Gasteiger partial charge in [-0.3, -0.25) is 0 Å². The molecule has 0 aromatic heterocycles. The van der Waals surface area contributed by atoms with Crippen molar-refractivity contribution in [1.29, 1.82) is 0 Å². The molecule has 0 heterocycles. The summed E-state index contributed by atoms with van der Waals surface area (Å²) < 4.78 is 0. The smallest absolute Gasteiger partial charge is 0.0557 e. The molecule has 0 saturated carbocycles. The number of rotatable bonds is 2. The molecule has 2 heteroatoms. The molecular weight excluding hydrogens is 191 g/mol. The maximum Gasteiger partial charge on any atom is 0.0557 e. The SMILES string of the molecule is C=C(c1ccc(Cl)cc1)C(C)Cl. The molecule has 12 heavy (non-hydrogen) atoms. The number of halogens is 2.